The van der Waals surface area contributed by atoms with Crippen LogP contribution in [0.5, 0.6) is 5.75 Å². The molecule has 8 heteroatoms. The second-order valence-corrected chi connectivity index (χ2v) is 6.15. The van der Waals surface area contributed by atoms with E-state index in [-0.39, 0.29) is 24.0 Å². The van der Waals surface area contributed by atoms with Crippen LogP contribution in [0.25, 0.3) is 5.95 Å². The van der Waals surface area contributed by atoms with Gasteiger partial charge in [0, 0.05) is 17.8 Å². The van der Waals surface area contributed by atoms with E-state index < -0.39 is 0 Å². The molecule has 2 N–H and O–H groups in total. The monoisotopic (exact) mass is 367 g/mol. The van der Waals surface area contributed by atoms with Crippen LogP contribution in [-0.4, -0.2) is 32.3 Å². The fourth-order valence-corrected chi connectivity index (χ4v) is 2.49. The Hall–Kier alpha value is -3.42. The minimum atomic E-state index is -0.342. The van der Waals surface area contributed by atoms with Gasteiger partial charge in [0.2, 0.25) is 5.95 Å². The molecule has 0 aliphatic rings. The number of benzene rings is 1. The molecule has 0 aliphatic heterocycles. The Bertz CT molecular complexity index is 1000. The number of carbonyl (C=O) groups is 1. The Morgan fingerprint density at radius 3 is 2.67 bits per heavy atom. The Kier molecular flexibility index (Phi) is 5.35. The fourth-order valence-electron chi connectivity index (χ4n) is 2.49. The van der Waals surface area contributed by atoms with Gasteiger partial charge in [0.1, 0.15) is 11.6 Å². The van der Waals surface area contributed by atoms with E-state index in [0.29, 0.717) is 29.4 Å². The van der Waals surface area contributed by atoms with E-state index in [1.165, 1.54) is 10.7 Å². The van der Waals surface area contributed by atoms with Crippen LogP contribution in [0.4, 0.5) is 5.82 Å². The van der Waals surface area contributed by atoms with Crippen molar-refractivity contribution in [1.29, 1.82) is 0 Å². The van der Waals surface area contributed by atoms with E-state index >= 15 is 0 Å². The van der Waals surface area contributed by atoms with Crippen LogP contribution in [0.15, 0.2) is 41.2 Å². The van der Waals surface area contributed by atoms with Crippen molar-refractivity contribution in [2.45, 2.75) is 27.2 Å². The number of ether oxygens (including phenoxy) is 1. The average Bonchev–Trinajstić information content (AvgIpc) is 3.01. The van der Waals surface area contributed by atoms with Crippen molar-refractivity contribution in [1.82, 2.24) is 19.7 Å². The van der Waals surface area contributed by atoms with Crippen molar-refractivity contribution in [3.8, 4) is 11.7 Å². The number of aryl methyl sites for hydroxylation is 3. The number of anilines is 1. The first-order chi connectivity index (χ1) is 12.9. The minimum absolute atomic E-state index is 0.147. The van der Waals surface area contributed by atoms with E-state index in [0.717, 1.165) is 5.56 Å². The summed E-state index contributed by atoms with van der Waals surface area (Å²) in [4.78, 5) is 31.1. The maximum Gasteiger partial charge on any atom is 0.263 e. The van der Waals surface area contributed by atoms with E-state index in [1.54, 1.807) is 13.0 Å². The lowest BCUT2D eigenvalue weighted by Gasteiger charge is -2.10. The third-order valence-corrected chi connectivity index (χ3v) is 3.84. The summed E-state index contributed by atoms with van der Waals surface area (Å²) in [6.07, 6.45) is 0.614. The van der Waals surface area contributed by atoms with Gasteiger partial charge < -0.3 is 10.1 Å². The van der Waals surface area contributed by atoms with E-state index in [2.05, 4.69) is 20.4 Å². The molecule has 0 spiro atoms. The predicted octanol–water partition coefficient (Wildman–Crippen LogP) is 2.15. The molecule has 0 saturated carbocycles. The van der Waals surface area contributed by atoms with Crippen molar-refractivity contribution in [3.63, 3.8) is 0 Å². The topological polar surface area (TPSA) is 102 Å². The molecule has 0 saturated heterocycles. The van der Waals surface area contributed by atoms with Crippen molar-refractivity contribution < 1.29 is 9.53 Å². The third kappa shape index (κ3) is 4.60. The highest BCUT2D eigenvalue weighted by Crippen LogP contribution is 2.15. The maximum atomic E-state index is 12.3. The highest BCUT2D eigenvalue weighted by atomic mass is 16.5. The average molecular weight is 367 g/mol. The summed E-state index contributed by atoms with van der Waals surface area (Å²) >= 11 is 0. The molecule has 1 amide bonds. The third-order valence-electron chi connectivity index (χ3n) is 3.84. The number of amides is 1. The number of nitrogens with one attached hydrogen (secondary N) is 2. The van der Waals surface area contributed by atoms with Crippen LogP contribution >= 0.6 is 0 Å². The van der Waals surface area contributed by atoms with Gasteiger partial charge in [0.05, 0.1) is 5.69 Å². The number of hydrogen-bond donors (Lipinski definition) is 2. The van der Waals surface area contributed by atoms with Crippen LogP contribution in [0, 0.1) is 13.8 Å². The molecule has 0 fully saturated rings. The van der Waals surface area contributed by atoms with Crippen molar-refractivity contribution in [2.75, 3.05) is 11.9 Å². The minimum Gasteiger partial charge on any atom is -0.484 e. The molecule has 3 aromatic rings. The largest absolute Gasteiger partial charge is 0.484 e. The standard InChI is InChI=1S/C19H21N5O3/c1-4-14-10-17(25)22-19(20-14)24-16(9-13(3)23-24)21-18(26)11-27-15-7-5-12(2)6-8-15/h5-10H,4,11H2,1-3H3,(H,21,26)(H,20,22,25). The normalized spacial score (nSPS) is 10.6. The molecule has 3 rings (SSSR count). The van der Waals surface area contributed by atoms with Crippen LogP contribution < -0.4 is 15.6 Å². The zero-order valence-corrected chi connectivity index (χ0v) is 15.4. The lowest BCUT2D eigenvalue weighted by molar-refractivity contribution is -0.118. The fraction of sp³-hybridized carbons (Fsp3) is 0.263. The smallest absolute Gasteiger partial charge is 0.263 e. The van der Waals surface area contributed by atoms with Gasteiger partial charge in [0.25, 0.3) is 11.5 Å². The Morgan fingerprint density at radius 1 is 1.22 bits per heavy atom. The SMILES string of the molecule is CCc1cc(=O)[nH]c(-n2nc(C)cc2NC(=O)COc2ccc(C)cc2)n1. The summed E-state index contributed by atoms with van der Waals surface area (Å²) in [5.74, 6) is 0.927. The number of carbonyl (C=O) groups excluding carboxylic acids is 1. The first-order valence-electron chi connectivity index (χ1n) is 8.61. The molecule has 140 valence electrons. The van der Waals surface area contributed by atoms with Gasteiger partial charge in [-0.3, -0.25) is 14.6 Å². The molecule has 0 atom stereocenters. The second-order valence-electron chi connectivity index (χ2n) is 6.15. The summed E-state index contributed by atoms with van der Waals surface area (Å²) < 4.78 is 6.89. The van der Waals surface area contributed by atoms with E-state index in [9.17, 15) is 9.59 Å². The van der Waals surface area contributed by atoms with Gasteiger partial charge in [-0.15, -0.1) is 0 Å². The number of hydrogen-bond acceptors (Lipinski definition) is 5. The maximum absolute atomic E-state index is 12.3. The Balaban J connectivity index is 1.76. The van der Waals surface area contributed by atoms with Gasteiger partial charge in [-0.1, -0.05) is 24.6 Å². The van der Waals surface area contributed by atoms with Gasteiger partial charge in [-0.05, 0) is 32.4 Å². The number of aromatic amines is 1. The number of rotatable bonds is 6. The quantitative estimate of drug-likeness (QED) is 0.695. The molecule has 27 heavy (non-hydrogen) atoms. The molecule has 0 bridgehead atoms. The molecule has 0 aliphatic carbocycles. The lowest BCUT2D eigenvalue weighted by Crippen LogP contribution is -2.23. The van der Waals surface area contributed by atoms with Gasteiger partial charge in [-0.25, -0.2) is 4.98 Å². The number of nitrogens with zero attached hydrogens (tertiary/aromatic N) is 3. The molecular weight excluding hydrogens is 346 g/mol. The molecule has 0 radical (unpaired) electrons. The van der Waals surface area contributed by atoms with Crippen LogP contribution in [0.2, 0.25) is 0 Å². The molecule has 1 aromatic carbocycles. The summed E-state index contributed by atoms with van der Waals surface area (Å²) in [7, 11) is 0. The summed E-state index contributed by atoms with van der Waals surface area (Å²) in [6.45, 7) is 5.53. The van der Waals surface area contributed by atoms with Crippen LogP contribution in [0.1, 0.15) is 23.9 Å². The van der Waals surface area contributed by atoms with E-state index in [1.807, 2.05) is 38.1 Å². The lowest BCUT2D eigenvalue weighted by atomic mass is 10.2. The van der Waals surface area contributed by atoms with Crippen LogP contribution in [-0.2, 0) is 11.2 Å². The Labute approximate surface area is 156 Å². The van der Waals surface area contributed by atoms with Crippen molar-refractivity contribution in [2.24, 2.45) is 0 Å². The van der Waals surface area contributed by atoms with Gasteiger partial charge in [0.15, 0.2) is 6.61 Å². The Morgan fingerprint density at radius 2 is 1.96 bits per heavy atom. The zero-order valence-electron chi connectivity index (χ0n) is 15.4. The van der Waals surface area contributed by atoms with Crippen molar-refractivity contribution in [3.05, 3.63) is 63.7 Å². The zero-order chi connectivity index (χ0) is 19.4. The predicted molar refractivity (Wildman–Crippen MR) is 101 cm³/mol. The molecule has 2 heterocycles. The first kappa shape index (κ1) is 18.4. The summed E-state index contributed by atoms with van der Waals surface area (Å²) in [5.41, 5.74) is 2.16. The summed E-state index contributed by atoms with van der Waals surface area (Å²) in [6, 6.07) is 10.6. The van der Waals surface area contributed by atoms with Gasteiger partial charge >= 0.3 is 0 Å². The molecule has 8 nitrogen and oxygen atoms in total. The van der Waals surface area contributed by atoms with Crippen molar-refractivity contribution >= 4 is 11.7 Å². The molecule has 2 aromatic heterocycles. The first-order valence-corrected chi connectivity index (χ1v) is 8.61. The highest BCUT2D eigenvalue weighted by Gasteiger charge is 2.14. The highest BCUT2D eigenvalue weighted by molar-refractivity contribution is 5.91. The second kappa shape index (κ2) is 7.86. The number of aromatic nitrogens is 4. The summed E-state index contributed by atoms with van der Waals surface area (Å²) in [5, 5.41) is 7.05. The molecular formula is C19H21N5O3. The van der Waals surface area contributed by atoms with Gasteiger partial charge in [-0.2, -0.15) is 9.78 Å². The molecule has 0 unspecified atom stereocenters. The van der Waals surface area contributed by atoms with E-state index in [4.69, 9.17) is 4.74 Å². The number of H-pyrrole nitrogens is 1. The van der Waals surface area contributed by atoms with Crippen LogP contribution in [0.3, 0.4) is 0 Å².